The van der Waals surface area contributed by atoms with Crippen LogP contribution in [0, 0.1) is 6.92 Å². The average molecular weight is 504 g/mol. The van der Waals surface area contributed by atoms with E-state index in [1.165, 1.54) is 16.7 Å². The first-order valence-corrected chi connectivity index (χ1v) is 12.1. The molecule has 6 aromatic rings. The third-order valence-corrected chi connectivity index (χ3v) is 6.81. The van der Waals surface area contributed by atoms with Crippen molar-refractivity contribution in [3.05, 3.63) is 125 Å². The molecule has 0 fully saturated rings. The van der Waals surface area contributed by atoms with Crippen molar-refractivity contribution in [2.24, 2.45) is 0 Å². The fraction of sp³-hybridized carbons (Fsp3) is 0.0323. The topological polar surface area (TPSA) is 16.4 Å². The lowest BCUT2D eigenvalue weighted by molar-refractivity contribution is 0.669. The molecule has 0 bridgehead atoms. The Labute approximate surface area is 207 Å². The maximum Gasteiger partial charge on any atom is 0.135 e. The first kappa shape index (κ1) is 20.8. The van der Waals surface area contributed by atoms with Gasteiger partial charge in [0.25, 0.3) is 0 Å². The quantitative estimate of drug-likeness (QED) is 0.238. The van der Waals surface area contributed by atoms with E-state index in [2.05, 4.69) is 125 Å². The van der Waals surface area contributed by atoms with Gasteiger partial charge in [0, 0.05) is 32.3 Å². The van der Waals surface area contributed by atoms with Crippen molar-refractivity contribution in [2.75, 3.05) is 4.90 Å². The minimum atomic E-state index is 0.900. The van der Waals surface area contributed by atoms with Gasteiger partial charge < -0.3 is 9.32 Å². The molecule has 2 nitrogen and oxygen atoms in total. The number of para-hydroxylation sites is 1. The van der Waals surface area contributed by atoms with E-state index in [0.29, 0.717) is 0 Å². The molecule has 164 valence electrons. The molecule has 0 atom stereocenters. The summed E-state index contributed by atoms with van der Waals surface area (Å²) < 4.78 is 7.21. The monoisotopic (exact) mass is 503 g/mol. The first-order valence-electron chi connectivity index (χ1n) is 11.3. The molecular formula is C31H22BrNO. The Bertz CT molecular complexity index is 1600. The van der Waals surface area contributed by atoms with Crippen molar-refractivity contribution in [1.82, 2.24) is 0 Å². The van der Waals surface area contributed by atoms with E-state index < -0.39 is 0 Å². The summed E-state index contributed by atoms with van der Waals surface area (Å²) in [6, 6.07) is 40.2. The van der Waals surface area contributed by atoms with Crippen LogP contribution in [0.4, 0.5) is 17.1 Å². The summed E-state index contributed by atoms with van der Waals surface area (Å²) in [5.41, 5.74) is 8.77. The van der Waals surface area contributed by atoms with E-state index in [-0.39, 0.29) is 0 Å². The van der Waals surface area contributed by atoms with E-state index in [0.717, 1.165) is 43.5 Å². The number of hydrogen-bond donors (Lipinski definition) is 0. The largest absolute Gasteiger partial charge is 0.456 e. The fourth-order valence-electron chi connectivity index (χ4n) is 4.68. The normalized spacial score (nSPS) is 11.2. The number of benzene rings is 5. The van der Waals surface area contributed by atoms with Crippen LogP contribution in [0.25, 0.3) is 33.1 Å². The zero-order valence-electron chi connectivity index (χ0n) is 18.7. The second-order valence-corrected chi connectivity index (χ2v) is 9.32. The number of halogens is 1. The second-order valence-electron chi connectivity index (χ2n) is 8.41. The molecule has 6 rings (SSSR count). The molecule has 0 spiro atoms. The molecule has 5 aromatic carbocycles. The van der Waals surface area contributed by atoms with Crippen molar-refractivity contribution in [3.8, 4) is 11.1 Å². The molecule has 0 saturated heterocycles. The highest BCUT2D eigenvalue weighted by atomic mass is 79.9. The smallest absolute Gasteiger partial charge is 0.135 e. The molecule has 0 aliphatic carbocycles. The van der Waals surface area contributed by atoms with Crippen molar-refractivity contribution < 1.29 is 4.42 Å². The van der Waals surface area contributed by atoms with Crippen LogP contribution in [0.2, 0.25) is 0 Å². The molecule has 0 saturated carbocycles. The van der Waals surface area contributed by atoms with Gasteiger partial charge in [0.15, 0.2) is 0 Å². The van der Waals surface area contributed by atoms with Crippen LogP contribution in [0.5, 0.6) is 0 Å². The summed E-state index contributed by atoms with van der Waals surface area (Å²) in [4.78, 5) is 2.32. The van der Waals surface area contributed by atoms with Crippen LogP contribution >= 0.6 is 15.9 Å². The summed E-state index contributed by atoms with van der Waals surface area (Å²) in [6.07, 6.45) is 0. The molecule has 1 heterocycles. The molecule has 0 N–H and O–H groups in total. The van der Waals surface area contributed by atoms with Gasteiger partial charge in [0.2, 0.25) is 0 Å². The zero-order valence-corrected chi connectivity index (χ0v) is 20.3. The van der Waals surface area contributed by atoms with Crippen molar-refractivity contribution >= 4 is 54.9 Å². The lowest BCUT2D eigenvalue weighted by Gasteiger charge is -2.27. The molecule has 34 heavy (non-hydrogen) atoms. The third-order valence-electron chi connectivity index (χ3n) is 6.32. The van der Waals surface area contributed by atoms with Crippen LogP contribution in [0.3, 0.4) is 0 Å². The standard InChI is InChI=1S/C31H22BrNO/c1-21-28(17-19-30-31(21)27-20-24(32)14-18-29(27)34-30)33(25-10-6-3-7-11-25)26-15-12-23(13-16-26)22-8-4-2-5-9-22/h2-20H,1H3. The SMILES string of the molecule is Cc1c(N(c2ccccc2)c2ccc(-c3ccccc3)cc2)ccc2oc3ccc(Br)cc3c12. The Morgan fingerprint density at radius 2 is 1.24 bits per heavy atom. The molecule has 0 amide bonds. The molecule has 3 heteroatoms. The highest BCUT2D eigenvalue weighted by Crippen LogP contribution is 2.42. The summed E-state index contributed by atoms with van der Waals surface area (Å²) >= 11 is 3.62. The number of anilines is 3. The number of nitrogens with zero attached hydrogens (tertiary/aromatic N) is 1. The molecule has 0 radical (unpaired) electrons. The summed E-state index contributed by atoms with van der Waals surface area (Å²) in [5, 5.41) is 2.27. The number of furan rings is 1. The van der Waals surface area contributed by atoms with Gasteiger partial charge in [0.1, 0.15) is 11.2 Å². The van der Waals surface area contributed by atoms with Gasteiger partial charge in [-0.05, 0) is 78.2 Å². The summed E-state index contributed by atoms with van der Waals surface area (Å²) in [5.74, 6) is 0. The number of aryl methyl sites for hydroxylation is 1. The average Bonchev–Trinajstić information content (AvgIpc) is 3.26. The van der Waals surface area contributed by atoms with Crippen molar-refractivity contribution in [3.63, 3.8) is 0 Å². The van der Waals surface area contributed by atoms with Gasteiger partial charge in [-0.25, -0.2) is 0 Å². The van der Waals surface area contributed by atoms with E-state index in [4.69, 9.17) is 4.42 Å². The Balaban J connectivity index is 1.54. The van der Waals surface area contributed by atoms with Crippen LogP contribution in [0.15, 0.2) is 124 Å². The number of fused-ring (bicyclic) bond motifs is 3. The Kier molecular flexibility index (Phi) is 5.20. The second kappa shape index (κ2) is 8.51. The molecule has 0 aliphatic rings. The minimum Gasteiger partial charge on any atom is -0.456 e. The molecular weight excluding hydrogens is 482 g/mol. The zero-order chi connectivity index (χ0) is 23.1. The molecule has 1 aromatic heterocycles. The van der Waals surface area contributed by atoms with Gasteiger partial charge in [-0.1, -0.05) is 76.6 Å². The predicted octanol–water partition coefficient (Wildman–Crippen LogP) is 9.79. The number of hydrogen-bond acceptors (Lipinski definition) is 2. The van der Waals surface area contributed by atoms with Crippen molar-refractivity contribution in [1.29, 1.82) is 0 Å². The Morgan fingerprint density at radius 1 is 0.618 bits per heavy atom. The minimum absolute atomic E-state index is 0.900. The molecule has 0 aliphatic heterocycles. The molecule has 0 unspecified atom stereocenters. The highest BCUT2D eigenvalue weighted by Gasteiger charge is 2.19. The van der Waals surface area contributed by atoms with E-state index >= 15 is 0 Å². The summed E-state index contributed by atoms with van der Waals surface area (Å²) in [7, 11) is 0. The van der Waals surface area contributed by atoms with Gasteiger partial charge in [0.05, 0.1) is 0 Å². The van der Waals surface area contributed by atoms with Gasteiger partial charge >= 0.3 is 0 Å². The van der Waals surface area contributed by atoms with E-state index in [9.17, 15) is 0 Å². The Morgan fingerprint density at radius 3 is 1.97 bits per heavy atom. The fourth-order valence-corrected chi connectivity index (χ4v) is 5.04. The van der Waals surface area contributed by atoms with Crippen LogP contribution in [-0.2, 0) is 0 Å². The maximum atomic E-state index is 6.16. The highest BCUT2D eigenvalue weighted by molar-refractivity contribution is 9.10. The van der Waals surface area contributed by atoms with Gasteiger partial charge in [-0.3, -0.25) is 0 Å². The number of rotatable bonds is 4. The van der Waals surface area contributed by atoms with Gasteiger partial charge in [-0.2, -0.15) is 0 Å². The van der Waals surface area contributed by atoms with Crippen molar-refractivity contribution in [2.45, 2.75) is 6.92 Å². The summed E-state index contributed by atoms with van der Waals surface area (Å²) in [6.45, 7) is 2.18. The van der Waals surface area contributed by atoms with E-state index in [1.807, 2.05) is 18.2 Å². The predicted molar refractivity (Wildman–Crippen MR) is 146 cm³/mol. The first-order chi connectivity index (χ1) is 16.7. The maximum absolute atomic E-state index is 6.16. The van der Waals surface area contributed by atoms with Crippen LogP contribution < -0.4 is 4.90 Å². The third kappa shape index (κ3) is 3.59. The van der Waals surface area contributed by atoms with E-state index in [1.54, 1.807) is 0 Å². The van der Waals surface area contributed by atoms with Crippen LogP contribution in [-0.4, -0.2) is 0 Å². The van der Waals surface area contributed by atoms with Crippen LogP contribution in [0.1, 0.15) is 5.56 Å². The van der Waals surface area contributed by atoms with Gasteiger partial charge in [-0.15, -0.1) is 0 Å². The lowest BCUT2D eigenvalue weighted by Crippen LogP contribution is -2.11. The Hall–Kier alpha value is -3.82. The lowest BCUT2D eigenvalue weighted by atomic mass is 10.0.